The second kappa shape index (κ2) is 4.33. The number of aromatic hydroxyl groups is 1. The Morgan fingerprint density at radius 1 is 1.53 bits per heavy atom. The SMILES string of the molecule is CC(N)(Cc1cccc(Cl)c1O)C(F)F. The van der Waals surface area contributed by atoms with Crippen molar-refractivity contribution in [1.82, 2.24) is 0 Å². The molecule has 0 amide bonds. The Bertz CT molecular complexity index is 355. The van der Waals surface area contributed by atoms with E-state index >= 15 is 0 Å². The molecular formula is C10H12ClF2NO. The zero-order valence-electron chi connectivity index (χ0n) is 8.17. The lowest BCUT2D eigenvalue weighted by Crippen LogP contribution is -2.45. The normalized spacial score (nSPS) is 15.3. The summed E-state index contributed by atoms with van der Waals surface area (Å²) in [6.07, 6.45) is -2.78. The molecule has 0 saturated heterocycles. The molecule has 0 heterocycles. The molecule has 1 unspecified atom stereocenters. The number of nitrogens with two attached hydrogens (primary N) is 1. The quantitative estimate of drug-likeness (QED) is 0.846. The molecule has 1 aromatic rings. The minimum absolute atomic E-state index is 0.128. The molecular weight excluding hydrogens is 224 g/mol. The van der Waals surface area contributed by atoms with E-state index in [9.17, 15) is 13.9 Å². The zero-order chi connectivity index (χ0) is 11.6. The van der Waals surface area contributed by atoms with Crippen LogP contribution in [0.15, 0.2) is 18.2 Å². The molecule has 5 heteroatoms. The van der Waals surface area contributed by atoms with Gasteiger partial charge < -0.3 is 10.8 Å². The fraction of sp³-hybridized carbons (Fsp3) is 0.400. The fourth-order valence-electron chi connectivity index (χ4n) is 1.19. The van der Waals surface area contributed by atoms with Crippen LogP contribution in [-0.4, -0.2) is 17.1 Å². The van der Waals surface area contributed by atoms with Gasteiger partial charge in [0, 0.05) is 0 Å². The zero-order valence-corrected chi connectivity index (χ0v) is 8.93. The van der Waals surface area contributed by atoms with Crippen molar-refractivity contribution in [3.63, 3.8) is 0 Å². The van der Waals surface area contributed by atoms with E-state index in [1.54, 1.807) is 6.07 Å². The monoisotopic (exact) mass is 235 g/mol. The van der Waals surface area contributed by atoms with Gasteiger partial charge in [0.15, 0.2) is 0 Å². The van der Waals surface area contributed by atoms with Crippen LogP contribution >= 0.6 is 11.6 Å². The first-order chi connectivity index (χ1) is 6.84. The summed E-state index contributed by atoms with van der Waals surface area (Å²) in [5.41, 5.74) is 4.07. The van der Waals surface area contributed by atoms with Gasteiger partial charge >= 0.3 is 0 Å². The van der Waals surface area contributed by atoms with Gasteiger partial charge in [-0.3, -0.25) is 0 Å². The van der Waals surface area contributed by atoms with Crippen LogP contribution in [-0.2, 0) is 6.42 Å². The number of alkyl halides is 2. The van der Waals surface area contributed by atoms with Gasteiger partial charge in [0.1, 0.15) is 5.75 Å². The van der Waals surface area contributed by atoms with Crippen molar-refractivity contribution in [3.05, 3.63) is 28.8 Å². The van der Waals surface area contributed by atoms with E-state index in [0.29, 0.717) is 5.56 Å². The Morgan fingerprint density at radius 3 is 2.67 bits per heavy atom. The van der Waals surface area contributed by atoms with Crippen LogP contribution in [0.3, 0.4) is 0 Å². The Hall–Kier alpha value is -0.870. The Labute approximate surface area is 91.7 Å². The van der Waals surface area contributed by atoms with Crippen molar-refractivity contribution < 1.29 is 13.9 Å². The summed E-state index contributed by atoms with van der Waals surface area (Å²) < 4.78 is 25.0. The molecule has 0 aliphatic rings. The van der Waals surface area contributed by atoms with E-state index < -0.39 is 12.0 Å². The summed E-state index contributed by atoms with van der Waals surface area (Å²) in [6.45, 7) is 1.23. The number of para-hydroxylation sites is 1. The number of phenolic OH excluding ortho intramolecular Hbond substituents is 1. The molecule has 15 heavy (non-hydrogen) atoms. The Kier molecular flexibility index (Phi) is 3.52. The highest BCUT2D eigenvalue weighted by Crippen LogP contribution is 2.30. The fourth-order valence-corrected chi connectivity index (χ4v) is 1.38. The molecule has 1 rings (SSSR count). The minimum atomic E-state index is -2.66. The molecule has 0 spiro atoms. The predicted octanol–water partition coefficient (Wildman–Crippen LogP) is 2.57. The van der Waals surface area contributed by atoms with Crippen LogP contribution in [0, 0.1) is 0 Å². The van der Waals surface area contributed by atoms with Crippen molar-refractivity contribution >= 4 is 11.6 Å². The van der Waals surface area contributed by atoms with Gasteiger partial charge in [0.2, 0.25) is 0 Å². The van der Waals surface area contributed by atoms with Crippen LogP contribution in [0.25, 0.3) is 0 Å². The maximum absolute atomic E-state index is 12.5. The van der Waals surface area contributed by atoms with E-state index in [1.165, 1.54) is 19.1 Å². The van der Waals surface area contributed by atoms with Gasteiger partial charge in [0.25, 0.3) is 6.43 Å². The molecule has 0 radical (unpaired) electrons. The van der Waals surface area contributed by atoms with Gasteiger partial charge in [-0.15, -0.1) is 0 Å². The average molecular weight is 236 g/mol. The predicted molar refractivity (Wildman–Crippen MR) is 55.4 cm³/mol. The smallest absolute Gasteiger partial charge is 0.256 e. The van der Waals surface area contributed by atoms with E-state index in [-0.39, 0.29) is 17.2 Å². The van der Waals surface area contributed by atoms with Crippen LogP contribution < -0.4 is 5.73 Å². The van der Waals surface area contributed by atoms with Crippen LogP contribution in [0.4, 0.5) is 8.78 Å². The van der Waals surface area contributed by atoms with Gasteiger partial charge in [-0.1, -0.05) is 23.7 Å². The standard InChI is InChI=1S/C10H12ClF2NO/c1-10(14,9(12)13)5-6-3-2-4-7(11)8(6)15/h2-4,9,15H,5,14H2,1H3. The van der Waals surface area contributed by atoms with Gasteiger partial charge in [-0.25, -0.2) is 8.78 Å². The maximum Gasteiger partial charge on any atom is 0.256 e. The van der Waals surface area contributed by atoms with Gasteiger partial charge in [-0.05, 0) is 25.0 Å². The lowest BCUT2D eigenvalue weighted by Gasteiger charge is -2.24. The second-order valence-corrected chi connectivity index (χ2v) is 4.14. The summed E-state index contributed by atoms with van der Waals surface area (Å²) in [5, 5.41) is 9.65. The maximum atomic E-state index is 12.5. The van der Waals surface area contributed by atoms with Gasteiger partial charge in [-0.2, -0.15) is 0 Å². The van der Waals surface area contributed by atoms with Crippen LogP contribution in [0.1, 0.15) is 12.5 Å². The average Bonchev–Trinajstić information content (AvgIpc) is 2.12. The van der Waals surface area contributed by atoms with E-state index in [0.717, 1.165) is 0 Å². The lowest BCUT2D eigenvalue weighted by molar-refractivity contribution is 0.0636. The molecule has 0 bridgehead atoms. The molecule has 3 N–H and O–H groups in total. The Balaban J connectivity index is 2.95. The number of rotatable bonds is 3. The first-order valence-electron chi connectivity index (χ1n) is 4.38. The van der Waals surface area contributed by atoms with Crippen molar-refractivity contribution in [3.8, 4) is 5.75 Å². The summed E-state index contributed by atoms with van der Waals surface area (Å²) in [4.78, 5) is 0. The molecule has 2 nitrogen and oxygen atoms in total. The number of halogens is 3. The summed E-state index contributed by atoms with van der Waals surface area (Å²) >= 11 is 5.64. The van der Waals surface area contributed by atoms with E-state index in [4.69, 9.17) is 17.3 Å². The third-order valence-electron chi connectivity index (χ3n) is 2.14. The van der Waals surface area contributed by atoms with Gasteiger partial charge in [0.05, 0.1) is 10.6 Å². The number of hydrogen-bond donors (Lipinski definition) is 2. The van der Waals surface area contributed by atoms with Crippen LogP contribution in [0.5, 0.6) is 5.75 Å². The molecule has 0 aliphatic heterocycles. The molecule has 1 atom stereocenters. The van der Waals surface area contributed by atoms with Crippen molar-refractivity contribution in [1.29, 1.82) is 0 Å². The topological polar surface area (TPSA) is 46.2 Å². The first kappa shape index (κ1) is 12.2. The third-order valence-corrected chi connectivity index (χ3v) is 2.45. The van der Waals surface area contributed by atoms with E-state index in [1.807, 2.05) is 0 Å². The van der Waals surface area contributed by atoms with Crippen molar-refractivity contribution in [2.24, 2.45) is 5.73 Å². The molecule has 1 aromatic carbocycles. The van der Waals surface area contributed by atoms with Crippen molar-refractivity contribution in [2.45, 2.75) is 25.3 Å². The summed E-state index contributed by atoms with van der Waals surface area (Å²) in [5.74, 6) is -0.184. The van der Waals surface area contributed by atoms with Crippen LogP contribution in [0.2, 0.25) is 5.02 Å². The highest BCUT2D eigenvalue weighted by Gasteiger charge is 2.31. The highest BCUT2D eigenvalue weighted by molar-refractivity contribution is 6.32. The first-order valence-corrected chi connectivity index (χ1v) is 4.76. The minimum Gasteiger partial charge on any atom is -0.506 e. The van der Waals surface area contributed by atoms with E-state index in [2.05, 4.69) is 0 Å². The molecule has 0 fully saturated rings. The molecule has 84 valence electrons. The highest BCUT2D eigenvalue weighted by atomic mass is 35.5. The largest absolute Gasteiger partial charge is 0.506 e. The molecule has 0 aromatic heterocycles. The summed E-state index contributed by atoms with van der Waals surface area (Å²) in [7, 11) is 0. The second-order valence-electron chi connectivity index (χ2n) is 3.73. The molecule has 0 aliphatic carbocycles. The molecule has 0 saturated carbocycles. The summed E-state index contributed by atoms with van der Waals surface area (Å²) in [6, 6.07) is 4.59. The number of phenols is 1. The third kappa shape index (κ3) is 2.79. The number of hydrogen-bond acceptors (Lipinski definition) is 2. The van der Waals surface area contributed by atoms with Crippen molar-refractivity contribution in [2.75, 3.05) is 0 Å². The number of benzene rings is 1. The Morgan fingerprint density at radius 2 is 2.13 bits per heavy atom. The lowest BCUT2D eigenvalue weighted by atomic mass is 9.94.